The SMILES string of the molecule is CCN(CC)c1cc(CC(=N)N)ncn1. The zero-order valence-corrected chi connectivity index (χ0v) is 9.20. The molecule has 0 saturated heterocycles. The fourth-order valence-electron chi connectivity index (χ4n) is 1.40. The van der Waals surface area contributed by atoms with E-state index in [0.29, 0.717) is 6.42 Å². The van der Waals surface area contributed by atoms with Crippen molar-refractivity contribution in [2.45, 2.75) is 20.3 Å². The third-order valence-electron chi connectivity index (χ3n) is 2.17. The average molecular weight is 207 g/mol. The Bertz CT molecular complexity index is 332. The Balaban J connectivity index is 2.86. The molecule has 0 radical (unpaired) electrons. The second kappa shape index (κ2) is 5.29. The molecular weight excluding hydrogens is 190 g/mol. The van der Waals surface area contributed by atoms with E-state index in [1.165, 1.54) is 6.33 Å². The second-order valence-corrected chi connectivity index (χ2v) is 3.24. The summed E-state index contributed by atoms with van der Waals surface area (Å²) in [5, 5.41) is 7.20. The molecule has 0 aromatic carbocycles. The molecule has 0 fully saturated rings. The summed E-state index contributed by atoms with van der Waals surface area (Å²) < 4.78 is 0. The Morgan fingerprint density at radius 3 is 2.60 bits per heavy atom. The summed E-state index contributed by atoms with van der Waals surface area (Å²) in [4.78, 5) is 10.4. The van der Waals surface area contributed by atoms with E-state index in [4.69, 9.17) is 11.1 Å². The molecule has 1 aromatic heterocycles. The lowest BCUT2D eigenvalue weighted by molar-refractivity contribution is 0.837. The van der Waals surface area contributed by atoms with E-state index in [9.17, 15) is 0 Å². The third-order valence-corrected chi connectivity index (χ3v) is 2.17. The predicted molar refractivity (Wildman–Crippen MR) is 61.2 cm³/mol. The Morgan fingerprint density at radius 1 is 1.40 bits per heavy atom. The first-order chi connectivity index (χ1) is 7.17. The molecule has 0 aliphatic heterocycles. The van der Waals surface area contributed by atoms with Gasteiger partial charge >= 0.3 is 0 Å². The summed E-state index contributed by atoms with van der Waals surface area (Å²) in [5.41, 5.74) is 6.12. The number of hydrogen-bond acceptors (Lipinski definition) is 4. The van der Waals surface area contributed by atoms with Gasteiger partial charge in [0.2, 0.25) is 0 Å². The van der Waals surface area contributed by atoms with Crippen LogP contribution in [0.15, 0.2) is 12.4 Å². The summed E-state index contributed by atoms with van der Waals surface area (Å²) in [6, 6.07) is 1.88. The highest BCUT2D eigenvalue weighted by molar-refractivity contribution is 5.79. The molecule has 1 rings (SSSR count). The lowest BCUT2D eigenvalue weighted by Crippen LogP contribution is -2.23. The molecule has 0 atom stereocenters. The molecule has 3 N–H and O–H groups in total. The molecule has 15 heavy (non-hydrogen) atoms. The van der Waals surface area contributed by atoms with Crippen LogP contribution in [0, 0.1) is 5.41 Å². The summed E-state index contributed by atoms with van der Waals surface area (Å²) in [7, 11) is 0. The van der Waals surface area contributed by atoms with Crippen LogP contribution >= 0.6 is 0 Å². The van der Waals surface area contributed by atoms with Crippen LogP contribution in [0.3, 0.4) is 0 Å². The van der Waals surface area contributed by atoms with Gasteiger partial charge in [0.05, 0.1) is 11.5 Å². The summed E-state index contributed by atoms with van der Waals surface area (Å²) in [6.07, 6.45) is 1.91. The maximum absolute atomic E-state index is 7.20. The van der Waals surface area contributed by atoms with E-state index in [-0.39, 0.29) is 5.84 Å². The first-order valence-electron chi connectivity index (χ1n) is 5.06. The van der Waals surface area contributed by atoms with Crippen molar-refractivity contribution in [1.29, 1.82) is 5.41 Å². The lowest BCUT2D eigenvalue weighted by atomic mass is 10.2. The van der Waals surface area contributed by atoms with E-state index in [1.807, 2.05) is 6.07 Å². The normalized spacial score (nSPS) is 10.0. The number of nitrogens with zero attached hydrogens (tertiary/aromatic N) is 3. The third kappa shape index (κ3) is 3.19. The largest absolute Gasteiger partial charge is 0.387 e. The van der Waals surface area contributed by atoms with Crippen LogP contribution in [0.5, 0.6) is 0 Å². The number of anilines is 1. The van der Waals surface area contributed by atoms with Gasteiger partial charge in [0, 0.05) is 25.6 Å². The van der Waals surface area contributed by atoms with Gasteiger partial charge in [0.25, 0.3) is 0 Å². The highest BCUT2D eigenvalue weighted by Gasteiger charge is 2.05. The minimum atomic E-state index is 0.124. The van der Waals surface area contributed by atoms with E-state index < -0.39 is 0 Å². The molecule has 0 aliphatic rings. The van der Waals surface area contributed by atoms with E-state index in [2.05, 4.69) is 28.7 Å². The van der Waals surface area contributed by atoms with E-state index in [0.717, 1.165) is 24.6 Å². The molecular formula is C10H17N5. The van der Waals surface area contributed by atoms with Gasteiger partial charge in [-0.15, -0.1) is 0 Å². The molecule has 1 aromatic rings. The fourth-order valence-corrected chi connectivity index (χ4v) is 1.40. The van der Waals surface area contributed by atoms with Crippen LogP contribution in [0.4, 0.5) is 5.82 Å². The Kier molecular flexibility index (Phi) is 4.03. The van der Waals surface area contributed by atoms with Crippen molar-refractivity contribution >= 4 is 11.7 Å². The van der Waals surface area contributed by atoms with Crippen LogP contribution in [0.25, 0.3) is 0 Å². The lowest BCUT2D eigenvalue weighted by Gasteiger charge is -2.19. The molecule has 5 nitrogen and oxygen atoms in total. The number of amidine groups is 1. The first kappa shape index (κ1) is 11.4. The molecule has 82 valence electrons. The second-order valence-electron chi connectivity index (χ2n) is 3.24. The van der Waals surface area contributed by atoms with Crippen LogP contribution in [0.2, 0.25) is 0 Å². The Morgan fingerprint density at radius 2 is 2.07 bits per heavy atom. The van der Waals surface area contributed by atoms with Gasteiger partial charge in [-0.1, -0.05) is 0 Å². The maximum Gasteiger partial charge on any atom is 0.132 e. The molecule has 0 spiro atoms. The Hall–Kier alpha value is -1.65. The summed E-state index contributed by atoms with van der Waals surface area (Å²) >= 11 is 0. The topological polar surface area (TPSA) is 78.9 Å². The number of rotatable bonds is 5. The fraction of sp³-hybridized carbons (Fsp3) is 0.500. The van der Waals surface area contributed by atoms with Crippen molar-refractivity contribution in [3.63, 3.8) is 0 Å². The van der Waals surface area contributed by atoms with E-state index >= 15 is 0 Å². The van der Waals surface area contributed by atoms with Crippen molar-refractivity contribution in [2.24, 2.45) is 5.73 Å². The van der Waals surface area contributed by atoms with Crippen molar-refractivity contribution in [3.8, 4) is 0 Å². The van der Waals surface area contributed by atoms with Crippen LogP contribution in [0.1, 0.15) is 19.5 Å². The van der Waals surface area contributed by atoms with Gasteiger partial charge in [-0.2, -0.15) is 0 Å². The quantitative estimate of drug-likeness (QED) is 0.553. The van der Waals surface area contributed by atoms with Crippen molar-refractivity contribution in [2.75, 3.05) is 18.0 Å². The van der Waals surface area contributed by atoms with Crippen molar-refractivity contribution < 1.29 is 0 Å². The van der Waals surface area contributed by atoms with Gasteiger partial charge in [-0.05, 0) is 13.8 Å². The van der Waals surface area contributed by atoms with Gasteiger partial charge in [0.1, 0.15) is 12.1 Å². The summed E-state index contributed by atoms with van der Waals surface area (Å²) in [6.45, 7) is 5.98. The molecule has 1 heterocycles. The molecule has 0 bridgehead atoms. The maximum atomic E-state index is 7.20. The van der Waals surface area contributed by atoms with Crippen molar-refractivity contribution in [3.05, 3.63) is 18.1 Å². The monoisotopic (exact) mass is 207 g/mol. The number of hydrogen-bond donors (Lipinski definition) is 2. The van der Waals surface area contributed by atoms with Gasteiger partial charge in [-0.25, -0.2) is 9.97 Å². The highest BCUT2D eigenvalue weighted by Crippen LogP contribution is 2.10. The molecule has 0 aliphatic carbocycles. The van der Waals surface area contributed by atoms with Crippen LogP contribution in [-0.4, -0.2) is 28.9 Å². The smallest absolute Gasteiger partial charge is 0.132 e. The van der Waals surface area contributed by atoms with Crippen LogP contribution in [-0.2, 0) is 6.42 Å². The van der Waals surface area contributed by atoms with Crippen molar-refractivity contribution in [1.82, 2.24) is 9.97 Å². The Labute approximate surface area is 89.8 Å². The van der Waals surface area contributed by atoms with Gasteiger partial charge in [0.15, 0.2) is 0 Å². The molecule has 0 unspecified atom stereocenters. The molecule has 0 amide bonds. The zero-order valence-electron chi connectivity index (χ0n) is 9.20. The van der Waals surface area contributed by atoms with E-state index in [1.54, 1.807) is 0 Å². The number of nitrogens with one attached hydrogen (secondary N) is 1. The summed E-state index contributed by atoms with van der Waals surface area (Å²) in [5.74, 6) is 1.02. The predicted octanol–water partition coefficient (Wildman–Crippen LogP) is 0.801. The molecule has 0 saturated carbocycles. The number of aromatic nitrogens is 2. The first-order valence-corrected chi connectivity index (χ1v) is 5.06. The molecule has 5 heteroatoms. The van der Waals surface area contributed by atoms with Gasteiger partial charge in [-0.3, -0.25) is 5.41 Å². The van der Waals surface area contributed by atoms with Gasteiger partial charge < -0.3 is 10.6 Å². The van der Waals surface area contributed by atoms with Crippen LogP contribution < -0.4 is 10.6 Å². The minimum absolute atomic E-state index is 0.124. The average Bonchev–Trinajstić information content (AvgIpc) is 2.19. The number of nitrogens with two attached hydrogens (primary N) is 1. The zero-order chi connectivity index (χ0) is 11.3. The minimum Gasteiger partial charge on any atom is -0.387 e. The standard InChI is InChI=1S/C10H17N5/c1-3-15(4-2)10-6-8(5-9(11)12)13-7-14-10/h6-7H,3-5H2,1-2H3,(H3,11,12). The highest BCUT2D eigenvalue weighted by atomic mass is 15.2.